The summed E-state index contributed by atoms with van der Waals surface area (Å²) in [7, 11) is 0. The molecule has 25 heavy (non-hydrogen) atoms. The summed E-state index contributed by atoms with van der Waals surface area (Å²) in [4.78, 5) is 28.2. The first kappa shape index (κ1) is 18.4. The van der Waals surface area contributed by atoms with Gasteiger partial charge < -0.3 is 9.64 Å². The van der Waals surface area contributed by atoms with Crippen LogP contribution in [-0.4, -0.2) is 57.4 Å². The molecule has 2 heterocycles. The van der Waals surface area contributed by atoms with Crippen molar-refractivity contribution in [2.45, 2.75) is 13.1 Å². The summed E-state index contributed by atoms with van der Waals surface area (Å²) in [6.07, 6.45) is -0.357. The van der Waals surface area contributed by atoms with E-state index in [1.165, 1.54) is 29.9 Å². The number of pyridine rings is 1. The first-order chi connectivity index (χ1) is 11.8. The zero-order chi connectivity index (χ0) is 18.4. The minimum atomic E-state index is -4.65. The molecular weight excluding hydrogens is 341 g/mol. The van der Waals surface area contributed by atoms with Crippen molar-refractivity contribution in [2.75, 3.05) is 19.7 Å². The molecule has 1 amide bonds. The number of ether oxygens (including phenoxy) is 1. The normalized spacial score (nSPS) is 11.2. The van der Waals surface area contributed by atoms with Crippen LogP contribution in [0.2, 0.25) is 0 Å². The van der Waals surface area contributed by atoms with Gasteiger partial charge in [-0.2, -0.15) is 18.3 Å². The van der Waals surface area contributed by atoms with Gasteiger partial charge in [0.25, 0.3) is 5.91 Å². The maximum absolute atomic E-state index is 12.7. The number of halogens is 3. The Bertz CT molecular complexity index is 715. The smallest absolute Gasteiger partial charge is 0.406 e. The van der Waals surface area contributed by atoms with Crippen LogP contribution in [0.1, 0.15) is 17.3 Å². The second-order valence-electron chi connectivity index (χ2n) is 4.94. The molecule has 10 heteroatoms. The van der Waals surface area contributed by atoms with Gasteiger partial charge in [0.1, 0.15) is 13.1 Å². The average molecular weight is 356 g/mol. The van der Waals surface area contributed by atoms with Gasteiger partial charge in [0.2, 0.25) is 0 Å². The van der Waals surface area contributed by atoms with Crippen LogP contribution in [0.4, 0.5) is 13.2 Å². The second-order valence-corrected chi connectivity index (χ2v) is 4.94. The molecular formula is C15H15F3N4O3. The molecule has 0 saturated heterocycles. The summed E-state index contributed by atoms with van der Waals surface area (Å²) < 4.78 is 44.1. The van der Waals surface area contributed by atoms with Crippen LogP contribution in [0.3, 0.4) is 0 Å². The van der Waals surface area contributed by atoms with E-state index in [0.29, 0.717) is 10.7 Å². The molecule has 2 aromatic heterocycles. The molecule has 7 nitrogen and oxygen atoms in total. The largest absolute Gasteiger partial charge is 0.465 e. The van der Waals surface area contributed by atoms with E-state index in [1.807, 2.05) is 0 Å². The highest BCUT2D eigenvalue weighted by molar-refractivity contribution is 5.95. The monoisotopic (exact) mass is 356 g/mol. The molecule has 2 aromatic rings. The lowest BCUT2D eigenvalue weighted by molar-refractivity contribution is -0.153. The molecule has 0 radical (unpaired) electrons. The van der Waals surface area contributed by atoms with E-state index in [0.717, 1.165) is 6.20 Å². The van der Waals surface area contributed by atoms with Gasteiger partial charge in [-0.25, -0.2) is 9.67 Å². The Kier molecular flexibility index (Phi) is 5.73. The van der Waals surface area contributed by atoms with Crippen molar-refractivity contribution in [1.82, 2.24) is 19.7 Å². The Morgan fingerprint density at radius 1 is 1.32 bits per heavy atom. The molecule has 0 N–H and O–H groups in total. The van der Waals surface area contributed by atoms with E-state index in [9.17, 15) is 22.8 Å². The lowest BCUT2D eigenvalue weighted by Crippen LogP contribution is -2.42. The topological polar surface area (TPSA) is 77.3 Å². The van der Waals surface area contributed by atoms with E-state index < -0.39 is 31.1 Å². The summed E-state index contributed by atoms with van der Waals surface area (Å²) in [5, 5.41) is 3.95. The first-order valence-electron chi connectivity index (χ1n) is 7.28. The van der Waals surface area contributed by atoms with Gasteiger partial charge in [0.15, 0.2) is 5.82 Å². The predicted molar refractivity (Wildman–Crippen MR) is 80.0 cm³/mol. The van der Waals surface area contributed by atoms with Gasteiger partial charge in [0, 0.05) is 18.6 Å². The number of amides is 1. The van der Waals surface area contributed by atoms with Crippen LogP contribution in [-0.2, 0) is 9.53 Å². The Morgan fingerprint density at radius 2 is 2.08 bits per heavy atom. The molecule has 2 rings (SSSR count). The molecule has 0 aliphatic carbocycles. The molecule has 0 aliphatic rings. The van der Waals surface area contributed by atoms with Crippen LogP contribution in [0.15, 0.2) is 36.8 Å². The van der Waals surface area contributed by atoms with E-state index >= 15 is 0 Å². The summed E-state index contributed by atoms with van der Waals surface area (Å²) in [5.41, 5.74) is -0.0792. The Hall–Kier alpha value is -2.91. The highest BCUT2D eigenvalue weighted by Crippen LogP contribution is 2.18. The molecule has 0 fully saturated rings. The second kappa shape index (κ2) is 7.77. The summed E-state index contributed by atoms with van der Waals surface area (Å²) in [6.45, 7) is -0.836. The zero-order valence-electron chi connectivity index (χ0n) is 13.2. The lowest BCUT2D eigenvalue weighted by atomic mass is 10.2. The predicted octanol–water partition coefficient (Wildman–Crippen LogP) is 1.83. The highest BCUT2D eigenvalue weighted by Gasteiger charge is 2.34. The van der Waals surface area contributed by atoms with Crippen molar-refractivity contribution in [1.29, 1.82) is 0 Å². The van der Waals surface area contributed by atoms with Gasteiger partial charge in [-0.05, 0) is 25.1 Å². The zero-order valence-corrected chi connectivity index (χ0v) is 13.2. The molecule has 0 bridgehead atoms. The van der Waals surface area contributed by atoms with Crippen molar-refractivity contribution in [3.05, 3.63) is 42.4 Å². The van der Waals surface area contributed by atoms with E-state index in [-0.39, 0.29) is 12.2 Å². The fourth-order valence-corrected chi connectivity index (χ4v) is 2.01. The molecule has 0 aromatic carbocycles. The summed E-state index contributed by atoms with van der Waals surface area (Å²) in [6, 6.07) is 4.43. The van der Waals surface area contributed by atoms with Crippen molar-refractivity contribution in [2.24, 2.45) is 0 Å². The first-order valence-corrected chi connectivity index (χ1v) is 7.28. The maximum Gasteiger partial charge on any atom is 0.406 e. The van der Waals surface area contributed by atoms with Crippen molar-refractivity contribution >= 4 is 11.9 Å². The lowest BCUT2D eigenvalue weighted by Gasteiger charge is -2.23. The minimum Gasteiger partial charge on any atom is -0.465 e. The average Bonchev–Trinajstić information content (AvgIpc) is 3.07. The van der Waals surface area contributed by atoms with Crippen LogP contribution < -0.4 is 0 Å². The summed E-state index contributed by atoms with van der Waals surface area (Å²) >= 11 is 0. The molecule has 0 saturated carbocycles. The summed E-state index contributed by atoms with van der Waals surface area (Å²) in [5.74, 6) is -1.49. The fourth-order valence-electron chi connectivity index (χ4n) is 2.01. The van der Waals surface area contributed by atoms with Crippen molar-refractivity contribution in [3.63, 3.8) is 0 Å². The molecule has 0 aliphatic heterocycles. The number of hydrogen-bond acceptors (Lipinski definition) is 5. The Labute approximate surface area is 141 Å². The van der Waals surface area contributed by atoms with Crippen molar-refractivity contribution in [3.8, 4) is 5.82 Å². The van der Waals surface area contributed by atoms with E-state index in [1.54, 1.807) is 12.3 Å². The molecule has 0 unspecified atom stereocenters. The minimum absolute atomic E-state index is 0.00695. The molecule has 0 spiro atoms. The van der Waals surface area contributed by atoms with Gasteiger partial charge >= 0.3 is 12.1 Å². The van der Waals surface area contributed by atoms with Crippen LogP contribution >= 0.6 is 0 Å². The number of esters is 1. The van der Waals surface area contributed by atoms with Gasteiger partial charge in [-0.3, -0.25) is 9.59 Å². The molecule has 0 atom stereocenters. The number of aromatic nitrogens is 3. The number of rotatable bonds is 6. The number of alkyl halides is 3. The fraction of sp³-hybridized carbons (Fsp3) is 0.333. The number of hydrogen-bond donors (Lipinski definition) is 0. The number of carbonyl (C=O) groups excluding carboxylic acids is 2. The highest BCUT2D eigenvalue weighted by atomic mass is 19.4. The van der Waals surface area contributed by atoms with Crippen LogP contribution in [0.25, 0.3) is 5.82 Å². The third-order valence-corrected chi connectivity index (χ3v) is 3.02. The van der Waals surface area contributed by atoms with Crippen molar-refractivity contribution < 1.29 is 27.5 Å². The standard InChI is InChI=1S/C15H15F3N4O3/c1-2-25-13(23)9-21(10-15(16,17)18)14(24)11-4-5-12(19-8-11)22-7-3-6-20-22/h3-8H,2,9-10H2,1H3. The third kappa shape index (κ3) is 5.30. The number of nitrogens with zero attached hydrogens (tertiary/aromatic N) is 4. The number of carbonyl (C=O) groups is 2. The van der Waals surface area contributed by atoms with Crippen LogP contribution in [0.5, 0.6) is 0 Å². The third-order valence-electron chi connectivity index (χ3n) is 3.02. The van der Waals surface area contributed by atoms with E-state index in [2.05, 4.69) is 14.8 Å². The SMILES string of the molecule is CCOC(=O)CN(CC(F)(F)F)C(=O)c1ccc(-n2cccn2)nc1. The maximum atomic E-state index is 12.7. The Balaban J connectivity index is 2.18. The van der Waals surface area contributed by atoms with Crippen LogP contribution in [0, 0.1) is 0 Å². The Morgan fingerprint density at radius 3 is 2.60 bits per heavy atom. The van der Waals surface area contributed by atoms with Gasteiger partial charge in [-0.1, -0.05) is 0 Å². The van der Waals surface area contributed by atoms with Gasteiger partial charge in [-0.15, -0.1) is 0 Å². The molecule has 134 valence electrons. The van der Waals surface area contributed by atoms with Gasteiger partial charge in [0.05, 0.1) is 12.2 Å². The van der Waals surface area contributed by atoms with E-state index in [4.69, 9.17) is 0 Å². The quantitative estimate of drug-likeness (QED) is 0.738.